The summed E-state index contributed by atoms with van der Waals surface area (Å²) in [5.74, 6) is 0. The Labute approximate surface area is 115 Å². The molecule has 0 aliphatic heterocycles. The lowest BCUT2D eigenvalue weighted by molar-refractivity contribution is 0.161. The number of nitrogens with zero attached hydrogens (tertiary/aromatic N) is 2. The van der Waals surface area contributed by atoms with Crippen LogP contribution in [0.1, 0.15) is 0 Å². The molecule has 18 heavy (non-hydrogen) atoms. The van der Waals surface area contributed by atoms with Gasteiger partial charge in [0.15, 0.2) is 0 Å². The third kappa shape index (κ3) is 3.38. The summed E-state index contributed by atoms with van der Waals surface area (Å²) in [6, 6.07) is 7.08. The van der Waals surface area contributed by atoms with Gasteiger partial charge in [-0.25, -0.2) is 0 Å². The van der Waals surface area contributed by atoms with E-state index in [9.17, 15) is 5.11 Å². The molecule has 0 aliphatic rings. The summed E-state index contributed by atoms with van der Waals surface area (Å²) < 4.78 is 1.67. The maximum absolute atomic E-state index is 9.85. The lowest BCUT2D eigenvalue weighted by Gasteiger charge is -2.14. The summed E-state index contributed by atoms with van der Waals surface area (Å²) in [4.78, 5) is 0. The van der Waals surface area contributed by atoms with Gasteiger partial charge in [-0.05, 0) is 18.2 Å². The van der Waals surface area contributed by atoms with Crippen molar-refractivity contribution in [1.29, 1.82) is 0 Å². The van der Waals surface area contributed by atoms with Gasteiger partial charge in [0, 0.05) is 18.9 Å². The largest absolute Gasteiger partial charge is 0.389 e. The molecular weight excluding hydrogens is 273 g/mol. The highest BCUT2D eigenvalue weighted by molar-refractivity contribution is 6.39. The van der Waals surface area contributed by atoms with Crippen molar-refractivity contribution in [3.05, 3.63) is 46.7 Å². The van der Waals surface area contributed by atoms with E-state index >= 15 is 0 Å². The minimum absolute atomic E-state index is 0.351. The van der Waals surface area contributed by atoms with Crippen molar-refractivity contribution in [3.63, 3.8) is 0 Å². The van der Waals surface area contributed by atoms with Gasteiger partial charge in [0.1, 0.15) is 0 Å². The Morgan fingerprint density at radius 2 is 2.00 bits per heavy atom. The molecule has 6 heteroatoms. The smallest absolute Gasteiger partial charge is 0.0907 e. The Balaban J connectivity index is 1.91. The van der Waals surface area contributed by atoms with Crippen LogP contribution in [0.2, 0.25) is 10.0 Å². The maximum Gasteiger partial charge on any atom is 0.0907 e. The van der Waals surface area contributed by atoms with Crippen LogP contribution in [0.5, 0.6) is 0 Å². The van der Waals surface area contributed by atoms with E-state index in [0.717, 1.165) is 0 Å². The average Bonchev–Trinajstić information content (AvgIpc) is 2.81. The van der Waals surface area contributed by atoms with Crippen LogP contribution >= 0.6 is 23.2 Å². The van der Waals surface area contributed by atoms with E-state index in [1.165, 1.54) is 0 Å². The second-order valence-corrected chi connectivity index (χ2v) is 4.67. The van der Waals surface area contributed by atoms with E-state index < -0.39 is 6.10 Å². The molecule has 1 aromatic heterocycles. The van der Waals surface area contributed by atoms with Crippen LogP contribution in [0.4, 0.5) is 5.69 Å². The van der Waals surface area contributed by atoms with Gasteiger partial charge in [0.05, 0.1) is 28.4 Å². The van der Waals surface area contributed by atoms with Crippen LogP contribution in [0.25, 0.3) is 0 Å². The molecule has 0 amide bonds. The number of benzene rings is 1. The predicted molar refractivity (Wildman–Crippen MR) is 73.2 cm³/mol. The fourth-order valence-corrected chi connectivity index (χ4v) is 2.11. The number of rotatable bonds is 5. The van der Waals surface area contributed by atoms with Gasteiger partial charge in [-0.2, -0.15) is 5.10 Å². The Morgan fingerprint density at radius 1 is 1.28 bits per heavy atom. The molecule has 0 aliphatic carbocycles. The van der Waals surface area contributed by atoms with E-state index in [-0.39, 0.29) is 0 Å². The number of anilines is 1. The summed E-state index contributed by atoms with van der Waals surface area (Å²) in [5, 5.41) is 18.0. The quantitative estimate of drug-likeness (QED) is 0.888. The van der Waals surface area contributed by atoms with Crippen molar-refractivity contribution in [2.45, 2.75) is 12.6 Å². The number of para-hydroxylation sites is 1. The molecule has 0 bridgehead atoms. The van der Waals surface area contributed by atoms with Crippen molar-refractivity contribution in [2.24, 2.45) is 0 Å². The number of aliphatic hydroxyl groups is 1. The van der Waals surface area contributed by atoms with Gasteiger partial charge in [-0.3, -0.25) is 4.68 Å². The summed E-state index contributed by atoms with van der Waals surface area (Å²) in [5.41, 5.74) is 0.639. The zero-order valence-electron chi connectivity index (χ0n) is 9.55. The number of halogens is 2. The lowest BCUT2D eigenvalue weighted by atomic mass is 10.3. The maximum atomic E-state index is 9.85. The predicted octanol–water partition coefficient (Wildman–Crippen LogP) is 2.66. The van der Waals surface area contributed by atoms with Crippen LogP contribution in [0, 0.1) is 0 Å². The molecule has 1 unspecified atom stereocenters. The standard InChI is InChI=1S/C12H13Cl2N3O/c13-10-3-1-4-11(14)12(10)15-7-9(18)8-17-6-2-5-16-17/h1-6,9,15,18H,7-8H2. The highest BCUT2D eigenvalue weighted by Crippen LogP contribution is 2.29. The molecule has 2 N–H and O–H groups in total. The van der Waals surface area contributed by atoms with Crippen molar-refractivity contribution in [2.75, 3.05) is 11.9 Å². The Hall–Kier alpha value is -1.23. The van der Waals surface area contributed by atoms with Gasteiger partial charge in [-0.15, -0.1) is 0 Å². The molecule has 1 heterocycles. The summed E-state index contributed by atoms with van der Waals surface area (Å²) in [6.45, 7) is 0.769. The first-order valence-corrected chi connectivity index (χ1v) is 6.26. The molecule has 0 spiro atoms. The van der Waals surface area contributed by atoms with Crippen molar-refractivity contribution in [3.8, 4) is 0 Å². The first kappa shape index (κ1) is 13.2. The SMILES string of the molecule is OC(CNc1c(Cl)cccc1Cl)Cn1cccn1. The normalized spacial score (nSPS) is 12.4. The minimum Gasteiger partial charge on any atom is -0.389 e. The summed E-state index contributed by atoms with van der Waals surface area (Å²) in [6.07, 6.45) is 2.90. The van der Waals surface area contributed by atoms with E-state index in [2.05, 4.69) is 10.4 Å². The zero-order chi connectivity index (χ0) is 13.0. The van der Waals surface area contributed by atoms with Gasteiger partial charge in [0.2, 0.25) is 0 Å². The molecule has 0 saturated heterocycles. The average molecular weight is 286 g/mol. The Bertz CT molecular complexity index is 482. The third-order valence-corrected chi connectivity index (χ3v) is 3.06. The van der Waals surface area contributed by atoms with Crippen LogP contribution < -0.4 is 5.32 Å². The topological polar surface area (TPSA) is 50.1 Å². The number of nitrogens with one attached hydrogen (secondary N) is 1. The van der Waals surface area contributed by atoms with E-state index in [1.54, 1.807) is 35.3 Å². The number of aromatic nitrogens is 2. The fourth-order valence-electron chi connectivity index (χ4n) is 1.58. The van der Waals surface area contributed by atoms with E-state index in [0.29, 0.717) is 28.8 Å². The highest BCUT2D eigenvalue weighted by atomic mass is 35.5. The first-order chi connectivity index (χ1) is 8.66. The summed E-state index contributed by atoms with van der Waals surface area (Å²) >= 11 is 12.0. The van der Waals surface area contributed by atoms with Gasteiger partial charge in [-0.1, -0.05) is 29.3 Å². The zero-order valence-corrected chi connectivity index (χ0v) is 11.1. The molecule has 0 radical (unpaired) electrons. The van der Waals surface area contributed by atoms with Crippen LogP contribution in [0.3, 0.4) is 0 Å². The van der Waals surface area contributed by atoms with Gasteiger partial charge < -0.3 is 10.4 Å². The van der Waals surface area contributed by atoms with E-state index in [4.69, 9.17) is 23.2 Å². The highest BCUT2D eigenvalue weighted by Gasteiger charge is 2.09. The second-order valence-electron chi connectivity index (χ2n) is 3.86. The van der Waals surface area contributed by atoms with Crippen molar-refractivity contribution < 1.29 is 5.11 Å². The number of aliphatic hydroxyl groups excluding tert-OH is 1. The Morgan fingerprint density at radius 3 is 2.61 bits per heavy atom. The number of hydrogen-bond acceptors (Lipinski definition) is 3. The van der Waals surface area contributed by atoms with Crippen molar-refractivity contribution in [1.82, 2.24) is 9.78 Å². The van der Waals surface area contributed by atoms with Crippen LogP contribution in [0.15, 0.2) is 36.7 Å². The Kier molecular flexibility index (Phi) is 4.47. The first-order valence-electron chi connectivity index (χ1n) is 5.50. The molecule has 1 atom stereocenters. The number of hydrogen-bond donors (Lipinski definition) is 2. The molecule has 2 rings (SSSR count). The molecule has 1 aromatic carbocycles. The van der Waals surface area contributed by atoms with Gasteiger partial charge >= 0.3 is 0 Å². The molecule has 4 nitrogen and oxygen atoms in total. The molecule has 0 fully saturated rings. The minimum atomic E-state index is -0.572. The molecular formula is C12H13Cl2N3O. The molecule has 96 valence electrons. The third-order valence-electron chi connectivity index (χ3n) is 2.43. The monoisotopic (exact) mass is 285 g/mol. The van der Waals surface area contributed by atoms with Gasteiger partial charge in [0.25, 0.3) is 0 Å². The van der Waals surface area contributed by atoms with E-state index in [1.807, 2.05) is 6.07 Å². The summed E-state index contributed by atoms with van der Waals surface area (Å²) in [7, 11) is 0. The fraction of sp³-hybridized carbons (Fsp3) is 0.250. The molecule has 0 saturated carbocycles. The molecule has 2 aromatic rings. The lowest BCUT2D eigenvalue weighted by Crippen LogP contribution is -2.25. The second kappa shape index (κ2) is 6.09. The van der Waals surface area contributed by atoms with Crippen LogP contribution in [-0.4, -0.2) is 27.5 Å². The van der Waals surface area contributed by atoms with Crippen molar-refractivity contribution >= 4 is 28.9 Å². The van der Waals surface area contributed by atoms with Crippen LogP contribution in [-0.2, 0) is 6.54 Å².